The van der Waals surface area contributed by atoms with Crippen LogP contribution in [0.5, 0.6) is 0 Å². The Balaban J connectivity index is 0.000000153. The van der Waals surface area contributed by atoms with Crippen LogP contribution in [-0.2, 0) is 28.2 Å². The van der Waals surface area contributed by atoms with Gasteiger partial charge in [0, 0.05) is 24.3 Å². The van der Waals surface area contributed by atoms with Crippen LogP contribution in [0.4, 0.5) is 0 Å². The highest BCUT2D eigenvalue weighted by Gasteiger charge is 2.51. The number of nitrogens with zero attached hydrogens (tertiary/aromatic N) is 4. The lowest BCUT2D eigenvalue weighted by atomic mass is 9.92. The Kier molecular flexibility index (Phi) is 30.4. The van der Waals surface area contributed by atoms with Crippen LogP contribution in [-0.4, -0.2) is 32.3 Å². The van der Waals surface area contributed by atoms with Crippen LogP contribution in [0.15, 0.2) is 292 Å². The molecule has 0 atom stereocenters. The van der Waals surface area contributed by atoms with Crippen molar-refractivity contribution < 1.29 is 18.3 Å². The van der Waals surface area contributed by atoms with Crippen molar-refractivity contribution in [1.29, 1.82) is 0 Å². The van der Waals surface area contributed by atoms with Gasteiger partial charge in [-0.3, -0.25) is 0 Å². The van der Waals surface area contributed by atoms with Gasteiger partial charge in [-0.05, 0) is 251 Å². The average Bonchev–Trinajstić information content (AvgIpc) is 0.732. The van der Waals surface area contributed by atoms with E-state index in [0.717, 1.165) is 0 Å². The van der Waals surface area contributed by atoms with Gasteiger partial charge in [0.2, 0.25) is 22.8 Å². The molecule has 4 nitrogen and oxygen atoms in total. The molecule has 0 bridgehead atoms. The van der Waals surface area contributed by atoms with Gasteiger partial charge in [0.1, 0.15) is 28.2 Å². The smallest absolute Gasteiger partial charge is 0.200 e. The Bertz CT molecular complexity index is 6830. The van der Waals surface area contributed by atoms with E-state index in [2.05, 4.69) is 552 Å². The highest BCUT2D eigenvalue weighted by molar-refractivity contribution is 6.96. The van der Waals surface area contributed by atoms with Crippen molar-refractivity contribution in [2.24, 2.45) is 28.2 Å². The first-order valence-corrected chi connectivity index (χ1v) is 60.5. The number of hydrogen-bond acceptors (Lipinski definition) is 0. The van der Waals surface area contributed by atoms with E-state index in [1.165, 1.54) is 194 Å². The third-order valence-corrected chi connectivity index (χ3v) is 60.1. The quantitative estimate of drug-likeness (QED) is 0.0638. The van der Waals surface area contributed by atoms with E-state index in [-0.39, 0.29) is 10.1 Å². The molecular weight excluding hydrogens is 1710 g/mol. The molecule has 0 spiro atoms. The van der Waals surface area contributed by atoms with Gasteiger partial charge in [-0.15, -0.1) is 0 Å². The van der Waals surface area contributed by atoms with Gasteiger partial charge < -0.3 is 0 Å². The predicted octanol–water partition coefficient (Wildman–Crippen LogP) is 32.4. The van der Waals surface area contributed by atoms with E-state index in [4.69, 9.17) is 0 Å². The van der Waals surface area contributed by atoms with Crippen LogP contribution < -0.4 is 39.0 Å². The van der Waals surface area contributed by atoms with Crippen LogP contribution in [0.1, 0.15) is 183 Å². The molecule has 8 heteroatoms. The normalized spacial score (nSPS) is 12.5. The summed E-state index contributed by atoms with van der Waals surface area (Å²) >= 11 is 0. The molecule has 0 amide bonds. The summed E-state index contributed by atoms with van der Waals surface area (Å²) in [4.78, 5) is 0. The zero-order valence-electron chi connectivity index (χ0n) is 89.6. The predicted molar refractivity (Wildman–Crippen MR) is 606 cm³/mol. The summed E-state index contributed by atoms with van der Waals surface area (Å²) in [6.07, 6.45) is 8.94. The topological polar surface area (TPSA) is 15.5 Å². The SMILES string of the molecule is CC[Si](CC)(c1ccc2c(-c3cc(-c4ccccc4)cc(C)c3C)[n+](C)ccc2c1)C(C)(C)C.Cc1cc(-c2ccccc2)cc(-c2c3ccc([Si](C(C)C)(C(C)C)C(C)C)cc3cc[n+]2C)c1C.Cc1cc(-c2ccccc2)cc(-c2c3ccc([Si](C)(C(C)(C)C)C(C)(C)C)cc3cc[n+]2C)c1C.Cc1cc(-c2ccccc2)cc(-c2c3ccc([Si](C)(C)C(C)(C)C)cc3cc[n+]2C)c1C. The summed E-state index contributed by atoms with van der Waals surface area (Å²) in [5, 5.41) is 18.2. The Hall–Kier alpha value is -10.9. The third-order valence-electron chi connectivity index (χ3n) is 33.4. The van der Waals surface area contributed by atoms with Gasteiger partial charge in [-0.1, -0.05) is 385 Å². The van der Waals surface area contributed by atoms with Crippen molar-refractivity contribution in [2.45, 2.75) is 262 Å². The number of fused-ring (bicyclic) bond motifs is 4. The fourth-order valence-electron chi connectivity index (χ4n) is 23.3. The minimum absolute atomic E-state index is 0.263. The fraction of sp³-hybridized carbons (Fsp3) is 0.344. The van der Waals surface area contributed by atoms with E-state index in [9.17, 15) is 0 Å². The lowest BCUT2D eigenvalue weighted by molar-refractivity contribution is -0.659. The molecule has 0 aliphatic carbocycles. The monoisotopic (exact) mass is 1870 g/mol. The second-order valence-corrected chi connectivity index (χ2v) is 68.3. The summed E-state index contributed by atoms with van der Waals surface area (Å²) < 4.78 is 9.18. The maximum absolute atomic E-state index is 2.58. The molecule has 136 heavy (non-hydrogen) atoms. The van der Waals surface area contributed by atoms with Gasteiger partial charge in [-0.25, -0.2) is 18.3 Å². The zero-order valence-corrected chi connectivity index (χ0v) is 93.6. The van der Waals surface area contributed by atoms with Gasteiger partial charge in [0.25, 0.3) is 0 Å². The molecule has 0 saturated carbocycles. The second kappa shape index (κ2) is 40.3. The third kappa shape index (κ3) is 19.7. The van der Waals surface area contributed by atoms with Crippen molar-refractivity contribution in [2.75, 3.05) is 0 Å². The first-order valence-electron chi connectivity index (χ1n) is 50.4. The Labute approximate surface area is 824 Å². The number of aromatic nitrogens is 4. The van der Waals surface area contributed by atoms with Gasteiger partial charge in [0.15, 0.2) is 24.8 Å². The molecule has 0 radical (unpaired) electrons. The molecule has 0 saturated heterocycles. The maximum Gasteiger partial charge on any atom is 0.220 e. The number of hydrogen-bond donors (Lipinski definition) is 0. The zero-order chi connectivity index (χ0) is 99.2. The molecule has 4 aromatic heterocycles. The molecule has 16 rings (SSSR count). The standard InChI is InChI=1S/2C33H42NSi.C32H40NSi.C30H36NSi/c1-23-20-27(25-14-12-11-13-15-25)22-30(24(23)2)31-29-17-16-28(21-26(29)18-19-34(31)9)35(10,32(3,4)5)33(6,7)8;1-22(2)35(23(3)4,24(5)6)30-15-16-31-28(20-30)17-18-34(9)33(31)32-21-29(19-25(7)26(32)8)27-13-11-10-12-14-27;1-9-34(10-2,32(5,6)7)28-16-17-29-26(21-28)18-19-33(8)31(29)30-22-27(20-23(3)24(30)4)25-14-12-11-13-15-25;1-21-18-25(23-12-10-9-11-13-23)20-28(22(21)2)29-27-15-14-26(32(7,8)30(3,4)5)19-24(27)16-17-31(29)6/h11-22H,1-10H3;10-24H,1-9H3;11-22H,9-10H2,1-8H3;9-20H,1-8H3/q4*+1. The Morgan fingerprint density at radius 3 is 0.728 bits per heavy atom. The molecule has 12 aromatic carbocycles. The Morgan fingerprint density at radius 2 is 0.485 bits per heavy atom. The molecule has 0 unspecified atom stereocenters. The summed E-state index contributed by atoms with van der Waals surface area (Å²) in [7, 11) is 1.94. The van der Waals surface area contributed by atoms with E-state index in [0.29, 0.717) is 26.7 Å². The van der Waals surface area contributed by atoms with Crippen LogP contribution in [0.2, 0.25) is 68.5 Å². The molecule has 0 N–H and O–H groups in total. The largest absolute Gasteiger partial charge is 0.220 e. The van der Waals surface area contributed by atoms with Gasteiger partial charge in [-0.2, -0.15) is 0 Å². The van der Waals surface area contributed by atoms with Crippen LogP contribution in [0, 0.1) is 55.4 Å². The maximum atomic E-state index is 2.58. The van der Waals surface area contributed by atoms with Crippen molar-refractivity contribution in [3.8, 4) is 89.5 Å². The van der Waals surface area contributed by atoms with E-state index in [1.54, 1.807) is 15.6 Å². The van der Waals surface area contributed by atoms with Crippen molar-refractivity contribution in [3.05, 3.63) is 336 Å². The van der Waals surface area contributed by atoms with Crippen LogP contribution in [0.3, 0.4) is 0 Å². The van der Waals surface area contributed by atoms with Gasteiger partial charge in [0.05, 0.1) is 76.1 Å². The number of benzene rings is 12. The number of pyridine rings is 4. The molecule has 704 valence electrons. The fourth-order valence-corrected chi connectivity index (χ4v) is 41.9. The molecular formula is C128H160N4Si4+4. The number of aryl methyl sites for hydroxylation is 8. The Morgan fingerprint density at radius 1 is 0.250 bits per heavy atom. The minimum atomic E-state index is -1.84. The van der Waals surface area contributed by atoms with E-state index in [1.807, 2.05) is 0 Å². The van der Waals surface area contributed by atoms with Crippen molar-refractivity contribution in [3.63, 3.8) is 0 Å². The summed E-state index contributed by atoms with van der Waals surface area (Å²) in [6.45, 7) is 74.2. The molecule has 4 heterocycles. The average molecular weight is 1870 g/mol. The summed E-state index contributed by atoms with van der Waals surface area (Å²) in [6, 6.07) is 103. The molecule has 0 aliphatic rings. The van der Waals surface area contributed by atoms with Crippen LogP contribution in [0.25, 0.3) is 133 Å². The highest BCUT2D eigenvalue weighted by atomic mass is 28.3. The summed E-state index contributed by atoms with van der Waals surface area (Å²) in [5.41, 5.74) is 33.5. The highest BCUT2D eigenvalue weighted by Crippen LogP contribution is 2.52. The van der Waals surface area contributed by atoms with Crippen molar-refractivity contribution in [1.82, 2.24) is 0 Å². The second-order valence-electron chi connectivity index (χ2n) is 45.6. The molecule has 16 aromatic rings. The minimum Gasteiger partial charge on any atom is -0.200 e. The van der Waals surface area contributed by atoms with E-state index < -0.39 is 32.3 Å². The summed E-state index contributed by atoms with van der Waals surface area (Å²) in [5.74, 6) is 0. The lowest BCUT2D eigenvalue weighted by Crippen LogP contribution is -2.58. The van der Waals surface area contributed by atoms with Crippen LogP contribution >= 0.6 is 0 Å². The molecule has 0 aliphatic heterocycles. The first-order chi connectivity index (χ1) is 64.0. The van der Waals surface area contributed by atoms with E-state index >= 15 is 0 Å². The first kappa shape index (κ1) is 103. The lowest BCUT2D eigenvalue weighted by Gasteiger charge is -2.50. The van der Waals surface area contributed by atoms with Gasteiger partial charge >= 0.3 is 0 Å². The van der Waals surface area contributed by atoms with Crippen molar-refractivity contribution >= 4 is 96.1 Å². The molecule has 0 fully saturated rings. The number of rotatable bonds is 17.